The lowest BCUT2D eigenvalue weighted by molar-refractivity contribution is -0.116. The molecule has 0 aliphatic heterocycles. The van der Waals surface area contributed by atoms with E-state index in [1.54, 1.807) is 11.3 Å². The van der Waals surface area contributed by atoms with Crippen LogP contribution in [0.4, 0.5) is 11.5 Å². The summed E-state index contributed by atoms with van der Waals surface area (Å²) >= 11 is 1.54. The smallest absolute Gasteiger partial charge is 0.276 e. The Labute approximate surface area is 166 Å². The second-order valence-corrected chi connectivity index (χ2v) is 7.60. The number of amides is 2. The summed E-state index contributed by atoms with van der Waals surface area (Å²) in [5.41, 5.74) is 7.83. The number of nitrogens with one attached hydrogen (secondary N) is 2. The number of carbonyl (C=O) groups is 2. The maximum absolute atomic E-state index is 12.3. The summed E-state index contributed by atoms with van der Waals surface area (Å²) in [7, 11) is 0. The lowest BCUT2D eigenvalue weighted by Crippen LogP contribution is -2.24. The summed E-state index contributed by atoms with van der Waals surface area (Å²) in [6.45, 7) is 4.46. The topological polar surface area (TPSA) is 115 Å². The Morgan fingerprint density at radius 2 is 1.96 bits per heavy atom. The lowest BCUT2D eigenvalue weighted by atomic mass is 10.0. The molecule has 28 heavy (non-hydrogen) atoms. The molecule has 0 atom stereocenters. The van der Waals surface area contributed by atoms with Gasteiger partial charge < -0.3 is 16.4 Å². The van der Waals surface area contributed by atoms with Crippen LogP contribution in [0.1, 0.15) is 40.7 Å². The zero-order chi connectivity index (χ0) is 20.1. The van der Waals surface area contributed by atoms with Gasteiger partial charge in [0.2, 0.25) is 5.91 Å². The van der Waals surface area contributed by atoms with Gasteiger partial charge in [0.1, 0.15) is 6.54 Å². The van der Waals surface area contributed by atoms with Crippen LogP contribution in [-0.4, -0.2) is 26.8 Å². The van der Waals surface area contributed by atoms with Gasteiger partial charge in [-0.15, -0.1) is 16.4 Å². The molecule has 0 fully saturated rings. The van der Waals surface area contributed by atoms with Crippen LogP contribution in [0.15, 0.2) is 41.8 Å². The maximum atomic E-state index is 12.3. The van der Waals surface area contributed by atoms with Crippen LogP contribution >= 0.6 is 11.3 Å². The van der Waals surface area contributed by atoms with E-state index in [1.165, 1.54) is 10.2 Å². The molecule has 8 nitrogen and oxygen atoms in total. The molecule has 0 unspecified atom stereocenters. The van der Waals surface area contributed by atoms with Gasteiger partial charge in [-0.25, -0.2) is 4.68 Å². The maximum Gasteiger partial charge on any atom is 0.276 e. The van der Waals surface area contributed by atoms with Gasteiger partial charge in [0, 0.05) is 10.6 Å². The van der Waals surface area contributed by atoms with Crippen LogP contribution < -0.4 is 16.4 Å². The number of thiophene rings is 1. The Hall–Kier alpha value is -3.20. The van der Waals surface area contributed by atoms with Crippen molar-refractivity contribution in [1.29, 1.82) is 0 Å². The number of carbonyl (C=O) groups excluding carboxylic acids is 2. The van der Waals surface area contributed by atoms with Crippen LogP contribution in [0.5, 0.6) is 0 Å². The third-order valence-electron chi connectivity index (χ3n) is 4.15. The van der Waals surface area contributed by atoms with E-state index in [-0.39, 0.29) is 24.0 Å². The summed E-state index contributed by atoms with van der Waals surface area (Å²) in [5, 5.41) is 15.1. The Morgan fingerprint density at radius 1 is 1.21 bits per heavy atom. The minimum Gasteiger partial charge on any atom is -0.382 e. The van der Waals surface area contributed by atoms with E-state index in [1.807, 2.05) is 41.8 Å². The van der Waals surface area contributed by atoms with Gasteiger partial charge in [-0.1, -0.05) is 37.3 Å². The molecule has 3 rings (SSSR count). The van der Waals surface area contributed by atoms with Crippen molar-refractivity contribution in [2.24, 2.45) is 0 Å². The van der Waals surface area contributed by atoms with Crippen molar-refractivity contribution in [3.8, 4) is 0 Å². The fourth-order valence-electron chi connectivity index (χ4n) is 2.55. The van der Waals surface area contributed by atoms with E-state index in [2.05, 4.69) is 34.8 Å². The molecular weight excluding hydrogens is 376 g/mol. The number of nitrogens with two attached hydrogens (primary N) is 1. The van der Waals surface area contributed by atoms with Crippen LogP contribution in [0.3, 0.4) is 0 Å². The molecular formula is C19H22N6O2S. The van der Waals surface area contributed by atoms with Crippen molar-refractivity contribution in [3.63, 3.8) is 0 Å². The SMILES string of the molecule is CC(C)c1ccc(NC(=O)Cn2nnc(C(=O)NCc3cccs3)c2N)cc1. The summed E-state index contributed by atoms with van der Waals surface area (Å²) < 4.78 is 1.21. The molecule has 0 saturated carbocycles. The van der Waals surface area contributed by atoms with Gasteiger partial charge in [-0.05, 0) is 35.1 Å². The second-order valence-electron chi connectivity index (χ2n) is 6.57. The molecule has 0 radical (unpaired) electrons. The quantitative estimate of drug-likeness (QED) is 0.566. The highest BCUT2D eigenvalue weighted by Gasteiger charge is 2.19. The lowest BCUT2D eigenvalue weighted by Gasteiger charge is -2.09. The highest BCUT2D eigenvalue weighted by Crippen LogP contribution is 2.17. The highest BCUT2D eigenvalue weighted by atomic mass is 32.1. The zero-order valence-electron chi connectivity index (χ0n) is 15.7. The van der Waals surface area contributed by atoms with Gasteiger partial charge in [-0.2, -0.15) is 0 Å². The van der Waals surface area contributed by atoms with Crippen molar-refractivity contribution in [2.45, 2.75) is 32.9 Å². The molecule has 2 aromatic heterocycles. The van der Waals surface area contributed by atoms with Crippen molar-refractivity contribution in [2.75, 3.05) is 11.1 Å². The number of nitrogens with zero attached hydrogens (tertiary/aromatic N) is 3. The molecule has 1 aromatic carbocycles. The Kier molecular flexibility index (Phi) is 6.05. The summed E-state index contributed by atoms with van der Waals surface area (Å²) in [5.74, 6) is -0.264. The van der Waals surface area contributed by atoms with Gasteiger partial charge in [0.15, 0.2) is 11.5 Å². The van der Waals surface area contributed by atoms with E-state index >= 15 is 0 Å². The second kappa shape index (κ2) is 8.66. The van der Waals surface area contributed by atoms with Crippen molar-refractivity contribution in [3.05, 3.63) is 57.9 Å². The molecule has 146 valence electrons. The van der Waals surface area contributed by atoms with E-state index in [9.17, 15) is 9.59 Å². The number of benzene rings is 1. The number of hydrogen-bond acceptors (Lipinski definition) is 6. The first-order chi connectivity index (χ1) is 13.4. The standard InChI is InChI=1S/C19H22N6O2S/c1-12(2)13-5-7-14(8-6-13)22-16(26)11-25-18(20)17(23-24-25)19(27)21-10-15-4-3-9-28-15/h3-9,12H,10-11,20H2,1-2H3,(H,21,27)(H,22,26). The van der Waals surface area contributed by atoms with Crippen molar-refractivity contribution in [1.82, 2.24) is 20.3 Å². The average Bonchev–Trinajstić information content (AvgIpc) is 3.31. The zero-order valence-corrected chi connectivity index (χ0v) is 16.5. The fourth-order valence-corrected chi connectivity index (χ4v) is 3.20. The first kappa shape index (κ1) is 19.6. The van der Waals surface area contributed by atoms with E-state index < -0.39 is 5.91 Å². The van der Waals surface area contributed by atoms with Gasteiger partial charge in [0.05, 0.1) is 6.54 Å². The van der Waals surface area contributed by atoms with Crippen LogP contribution in [0.25, 0.3) is 0 Å². The van der Waals surface area contributed by atoms with Crippen LogP contribution in [0, 0.1) is 0 Å². The predicted molar refractivity (Wildman–Crippen MR) is 109 cm³/mol. The molecule has 0 saturated heterocycles. The molecule has 0 bridgehead atoms. The van der Waals surface area contributed by atoms with Gasteiger partial charge in [-0.3, -0.25) is 9.59 Å². The Bertz CT molecular complexity index is 947. The number of hydrogen-bond donors (Lipinski definition) is 3. The summed E-state index contributed by atoms with van der Waals surface area (Å²) in [4.78, 5) is 25.5. The molecule has 0 spiro atoms. The van der Waals surface area contributed by atoms with E-state index in [0.717, 1.165) is 4.88 Å². The Morgan fingerprint density at radius 3 is 2.61 bits per heavy atom. The van der Waals surface area contributed by atoms with Crippen molar-refractivity contribution >= 4 is 34.7 Å². The van der Waals surface area contributed by atoms with E-state index in [4.69, 9.17) is 5.73 Å². The summed E-state index contributed by atoms with van der Waals surface area (Å²) in [6, 6.07) is 11.5. The molecule has 4 N–H and O–H groups in total. The number of anilines is 2. The van der Waals surface area contributed by atoms with Crippen LogP contribution in [0.2, 0.25) is 0 Å². The highest BCUT2D eigenvalue weighted by molar-refractivity contribution is 7.09. The fraction of sp³-hybridized carbons (Fsp3) is 0.263. The summed E-state index contributed by atoms with van der Waals surface area (Å²) in [6.07, 6.45) is 0. The number of rotatable bonds is 7. The largest absolute Gasteiger partial charge is 0.382 e. The minimum atomic E-state index is -0.429. The molecule has 2 amide bonds. The van der Waals surface area contributed by atoms with Gasteiger partial charge in [0.25, 0.3) is 5.91 Å². The number of nitrogen functional groups attached to an aromatic ring is 1. The Balaban J connectivity index is 1.58. The third kappa shape index (κ3) is 4.74. The predicted octanol–water partition coefficient (Wildman–Crippen LogP) is 2.61. The molecule has 2 heterocycles. The first-order valence-corrected chi connectivity index (χ1v) is 9.71. The molecule has 0 aliphatic rings. The minimum absolute atomic E-state index is 0.00522. The molecule has 9 heteroatoms. The first-order valence-electron chi connectivity index (χ1n) is 8.83. The normalized spacial score (nSPS) is 10.8. The van der Waals surface area contributed by atoms with Gasteiger partial charge >= 0.3 is 0 Å². The van der Waals surface area contributed by atoms with Crippen molar-refractivity contribution < 1.29 is 9.59 Å². The monoisotopic (exact) mass is 398 g/mol. The molecule has 0 aliphatic carbocycles. The van der Waals surface area contributed by atoms with Crippen LogP contribution in [-0.2, 0) is 17.9 Å². The molecule has 3 aromatic rings. The number of aromatic nitrogens is 3. The third-order valence-corrected chi connectivity index (χ3v) is 5.02. The average molecular weight is 398 g/mol. The van der Waals surface area contributed by atoms with E-state index in [0.29, 0.717) is 18.2 Å².